The minimum absolute atomic E-state index is 0.826. The van der Waals surface area contributed by atoms with E-state index in [2.05, 4.69) is 152 Å². The summed E-state index contributed by atoms with van der Waals surface area (Å²) in [5, 5.41) is 5.37. The molecule has 0 atom stereocenters. The summed E-state index contributed by atoms with van der Waals surface area (Å²) in [6.45, 7) is 11.1. The van der Waals surface area contributed by atoms with Gasteiger partial charge >= 0.3 is 37.9 Å². The molecular weight excluding hydrogens is 611 g/mol. The first kappa shape index (κ1) is 33.0. The van der Waals surface area contributed by atoms with Crippen LogP contribution in [0.5, 0.6) is 0 Å². The molecule has 4 heteroatoms. The Bertz CT molecular complexity index is 1390. The van der Waals surface area contributed by atoms with Crippen LogP contribution in [0.2, 0.25) is 6.55 Å². The van der Waals surface area contributed by atoms with E-state index >= 15 is 0 Å². The second kappa shape index (κ2) is 18.2. The summed E-state index contributed by atoms with van der Waals surface area (Å²) >= 11 is -0.826. The molecule has 199 valence electrons. The molecule has 6 aromatic rings. The van der Waals surface area contributed by atoms with Crippen molar-refractivity contribution in [1.82, 2.24) is 0 Å². The normalized spacial score (nSPS) is 9.54. The van der Waals surface area contributed by atoms with Gasteiger partial charge in [-0.1, -0.05) is 104 Å². The van der Waals surface area contributed by atoms with Gasteiger partial charge in [-0.3, -0.25) is 0 Å². The Morgan fingerprint density at radius 3 is 1.23 bits per heavy atom. The number of benzene rings is 4. The van der Waals surface area contributed by atoms with E-state index in [-0.39, 0.29) is 0 Å². The van der Waals surface area contributed by atoms with Crippen molar-refractivity contribution in [2.45, 2.75) is 27.3 Å². The van der Waals surface area contributed by atoms with Crippen LogP contribution in [-0.4, -0.2) is 10.2 Å². The number of rotatable bonds is 2. The predicted molar refractivity (Wildman–Crippen MR) is 174 cm³/mol. The quantitative estimate of drug-likeness (QED) is 0.130. The van der Waals surface area contributed by atoms with Crippen LogP contribution in [0.3, 0.4) is 0 Å². The topological polar surface area (TPSA) is 0 Å². The van der Waals surface area contributed by atoms with E-state index in [1.54, 1.807) is 13.5 Å². The van der Waals surface area contributed by atoms with Crippen molar-refractivity contribution in [3.63, 3.8) is 0 Å². The number of hydrogen-bond donors (Lipinski definition) is 0. The average molecular weight is 645 g/mol. The average Bonchev–Trinajstić information content (AvgIpc) is 3.57. The molecule has 3 radical (unpaired) electrons. The van der Waals surface area contributed by atoms with Crippen LogP contribution >= 0.6 is 17.0 Å². The van der Waals surface area contributed by atoms with Gasteiger partial charge in [-0.2, -0.15) is 19.1 Å². The molecule has 0 amide bonds. The molecule has 0 unspecified atom stereocenters. The zero-order valence-electron chi connectivity index (χ0n) is 23.0. The summed E-state index contributed by atoms with van der Waals surface area (Å²) < 4.78 is 0. The van der Waals surface area contributed by atoms with Crippen molar-refractivity contribution in [2.24, 2.45) is 0 Å². The monoisotopic (exact) mass is 642 g/mol. The van der Waals surface area contributed by atoms with Crippen molar-refractivity contribution < 1.29 is 20.8 Å². The van der Waals surface area contributed by atoms with Crippen LogP contribution in [0, 0.1) is 20.8 Å². The van der Waals surface area contributed by atoms with Crippen molar-refractivity contribution in [2.75, 3.05) is 0 Å². The van der Waals surface area contributed by atoms with E-state index < -0.39 is 20.8 Å². The Morgan fingerprint density at radius 1 is 0.564 bits per heavy atom. The zero-order valence-corrected chi connectivity index (χ0v) is 28.0. The standard InChI is InChI=1S/2C16H13.C2H5.CH3Si.2ClH.Zr/c2*1-12-10-14-8-5-9-15(16(14)11-12)13-6-3-2-4-7-13;2*1-2;;;/h2*2-11H,1H3;1H2,2H3;1H3;2*1H;/q3*-1;;;;+2/p-2. The van der Waals surface area contributed by atoms with E-state index in [4.69, 9.17) is 17.0 Å². The van der Waals surface area contributed by atoms with Gasteiger partial charge in [0.05, 0.1) is 0 Å². The van der Waals surface area contributed by atoms with E-state index in [1.807, 2.05) is 0 Å². The Labute approximate surface area is 256 Å². The fourth-order valence-corrected chi connectivity index (χ4v) is 4.51. The predicted octanol–water partition coefficient (Wildman–Crippen LogP) is 11.5. The van der Waals surface area contributed by atoms with Crippen LogP contribution < -0.4 is 0 Å². The first-order chi connectivity index (χ1) is 19.1. The summed E-state index contributed by atoms with van der Waals surface area (Å²) in [4.78, 5) is 0. The molecular formula is C35H34Cl2SiZr-3. The maximum absolute atomic E-state index is 4.93. The summed E-state index contributed by atoms with van der Waals surface area (Å²) in [5.41, 5.74) is 7.89. The molecule has 0 spiro atoms. The van der Waals surface area contributed by atoms with Gasteiger partial charge in [-0.25, -0.2) is 0 Å². The van der Waals surface area contributed by atoms with Gasteiger partial charge in [-0.05, 0) is 11.1 Å². The van der Waals surface area contributed by atoms with Crippen LogP contribution in [0.1, 0.15) is 18.1 Å². The molecule has 0 bridgehead atoms. The van der Waals surface area contributed by atoms with Crippen LogP contribution in [-0.2, 0) is 20.8 Å². The third-order valence-electron chi connectivity index (χ3n) is 5.96. The molecule has 0 aliphatic rings. The van der Waals surface area contributed by atoms with Gasteiger partial charge in [-0.15, -0.1) is 69.1 Å². The molecule has 6 rings (SSSR count). The summed E-state index contributed by atoms with van der Waals surface area (Å²) in [6, 6.07) is 43.1. The molecule has 6 aromatic carbocycles. The molecule has 0 saturated heterocycles. The molecule has 0 N–H and O–H groups in total. The molecule has 0 fully saturated rings. The van der Waals surface area contributed by atoms with Gasteiger partial charge in [0.25, 0.3) is 0 Å². The molecule has 39 heavy (non-hydrogen) atoms. The van der Waals surface area contributed by atoms with Crippen molar-refractivity contribution in [3.05, 3.63) is 139 Å². The van der Waals surface area contributed by atoms with Gasteiger partial charge in [0.15, 0.2) is 0 Å². The second-order valence-corrected chi connectivity index (χ2v) is 12.2. The Hall–Kier alpha value is -2.22. The molecule has 0 aliphatic carbocycles. The van der Waals surface area contributed by atoms with Crippen molar-refractivity contribution in [1.29, 1.82) is 0 Å². The van der Waals surface area contributed by atoms with E-state index in [0.29, 0.717) is 0 Å². The van der Waals surface area contributed by atoms with Crippen molar-refractivity contribution >= 4 is 48.8 Å². The maximum atomic E-state index is 4.93. The van der Waals surface area contributed by atoms with E-state index in [0.717, 1.165) is 0 Å². The van der Waals surface area contributed by atoms with E-state index in [9.17, 15) is 0 Å². The fourth-order valence-electron chi connectivity index (χ4n) is 4.51. The molecule has 0 aliphatic heterocycles. The van der Waals surface area contributed by atoms with Gasteiger partial charge in [0.2, 0.25) is 0 Å². The number of fused-ring (bicyclic) bond motifs is 2. The first-order valence-corrected chi connectivity index (χ1v) is 20.0. The molecule has 0 heterocycles. The number of hydrogen-bond acceptors (Lipinski definition) is 0. The van der Waals surface area contributed by atoms with Gasteiger partial charge in [0, 0.05) is 10.2 Å². The minimum atomic E-state index is -0.826. The molecule has 0 nitrogen and oxygen atoms in total. The second-order valence-electron chi connectivity index (χ2n) is 8.49. The van der Waals surface area contributed by atoms with Crippen LogP contribution in [0.15, 0.2) is 121 Å². The summed E-state index contributed by atoms with van der Waals surface area (Å²) in [6.07, 6.45) is 0. The zero-order chi connectivity index (χ0) is 28.6. The summed E-state index contributed by atoms with van der Waals surface area (Å²) in [5.74, 6) is 0. The fraction of sp³-hybridized carbons (Fsp3) is 0.114. The number of aryl methyl sites for hydroxylation is 2. The van der Waals surface area contributed by atoms with Gasteiger partial charge in [0.1, 0.15) is 0 Å². The SMILES string of the molecule is C[Si].Cc1cc2c(-c3ccccc3)cccc2[cH-]1.Cc1cc2c(-c3ccccc3)cccc2[cH-]1.[CH2-]C.[Cl][Zr][Cl]. The van der Waals surface area contributed by atoms with Crippen LogP contribution in [0.4, 0.5) is 0 Å². The van der Waals surface area contributed by atoms with Gasteiger partial charge < -0.3 is 6.92 Å². The third kappa shape index (κ3) is 9.44. The Morgan fingerprint density at radius 2 is 0.897 bits per heavy atom. The van der Waals surface area contributed by atoms with Crippen LogP contribution in [0.25, 0.3) is 43.8 Å². The molecule has 0 saturated carbocycles. The Balaban J connectivity index is 0.000000223. The third-order valence-corrected chi connectivity index (χ3v) is 5.96. The summed E-state index contributed by atoms with van der Waals surface area (Å²) in [7, 11) is 12.8. The number of halogens is 2. The van der Waals surface area contributed by atoms with Crippen molar-refractivity contribution in [3.8, 4) is 22.3 Å². The van der Waals surface area contributed by atoms with E-state index in [1.165, 1.54) is 54.9 Å². The molecule has 0 aromatic heterocycles. The Kier molecular flexibility index (Phi) is 15.4. The first-order valence-electron chi connectivity index (χ1n) is 12.7.